The van der Waals surface area contributed by atoms with Gasteiger partial charge in [0.1, 0.15) is 0 Å². The van der Waals surface area contributed by atoms with Gasteiger partial charge < -0.3 is 15.4 Å². The van der Waals surface area contributed by atoms with Crippen LogP contribution in [0.25, 0.3) is 0 Å². The van der Waals surface area contributed by atoms with Crippen LogP contribution in [-0.4, -0.2) is 61.2 Å². The van der Waals surface area contributed by atoms with Gasteiger partial charge in [0.2, 0.25) is 5.88 Å². The van der Waals surface area contributed by atoms with E-state index >= 15 is 0 Å². The van der Waals surface area contributed by atoms with Crippen LogP contribution < -0.4 is 10.5 Å². The molecule has 1 atom stereocenters. The van der Waals surface area contributed by atoms with Gasteiger partial charge in [-0.05, 0) is 18.5 Å². The van der Waals surface area contributed by atoms with Crippen molar-refractivity contribution in [2.24, 2.45) is 11.7 Å². The first kappa shape index (κ1) is 15.2. The highest BCUT2D eigenvalue weighted by molar-refractivity contribution is 5.15. The van der Waals surface area contributed by atoms with Crippen molar-refractivity contribution in [3.05, 3.63) is 23.9 Å². The molecule has 1 aliphatic rings. The van der Waals surface area contributed by atoms with Gasteiger partial charge >= 0.3 is 0 Å². The summed E-state index contributed by atoms with van der Waals surface area (Å²) in [6.07, 6.45) is 0. The molecule has 0 aromatic carbocycles. The molecule has 2 N–H and O–H groups in total. The van der Waals surface area contributed by atoms with Crippen LogP contribution >= 0.6 is 0 Å². The Balaban J connectivity index is 1.79. The molecule has 112 valence electrons. The van der Waals surface area contributed by atoms with Gasteiger partial charge in [-0.1, -0.05) is 13.0 Å². The van der Waals surface area contributed by atoms with Crippen molar-refractivity contribution >= 4 is 0 Å². The molecule has 0 spiro atoms. The van der Waals surface area contributed by atoms with Gasteiger partial charge in [-0.15, -0.1) is 0 Å². The number of methoxy groups -OCH3 is 1. The highest BCUT2D eigenvalue weighted by Crippen LogP contribution is 2.11. The number of nitrogens with zero attached hydrogens (tertiary/aromatic N) is 3. The molecule has 1 fully saturated rings. The number of rotatable bonds is 6. The van der Waals surface area contributed by atoms with Crippen molar-refractivity contribution in [3.8, 4) is 5.88 Å². The average Bonchev–Trinajstić information content (AvgIpc) is 2.49. The largest absolute Gasteiger partial charge is 0.481 e. The summed E-state index contributed by atoms with van der Waals surface area (Å²) in [6.45, 7) is 9.43. The van der Waals surface area contributed by atoms with E-state index in [2.05, 4.69) is 27.8 Å². The molecule has 20 heavy (non-hydrogen) atoms. The molecule has 0 aliphatic carbocycles. The minimum Gasteiger partial charge on any atom is -0.481 e. The van der Waals surface area contributed by atoms with Crippen molar-refractivity contribution in [2.75, 3.05) is 46.4 Å². The van der Waals surface area contributed by atoms with Crippen molar-refractivity contribution in [3.63, 3.8) is 0 Å². The van der Waals surface area contributed by atoms with Crippen LogP contribution in [0.1, 0.15) is 12.6 Å². The van der Waals surface area contributed by atoms with Crippen LogP contribution in [-0.2, 0) is 6.54 Å². The molecular weight excluding hydrogens is 252 g/mol. The molecule has 1 unspecified atom stereocenters. The summed E-state index contributed by atoms with van der Waals surface area (Å²) in [4.78, 5) is 9.43. The van der Waals surface area contributed by atoms with E-state index in [9.17, 15) is 0 Å². The average molecular weight is 278 g/mol. The summed E-state index contributed by atoms with van der Waals surface area (Å²) < 4.78 is 5.17. The summed E-state index contributed by atoms with van der Waals surface area (Å²) in [5.41, 5.74) is 6.77. The Morgan fingerprint density at radius 3 is 2.60 bits per heavy atom. The minimum absolute atomic E-state index is 0.585. The van der Waals surface area contributed by atoms with E-state index in [1.54, 1.807) is 7.11 Å². The fourth-order valence-corrected chi connectivity index (χ4v) is 2.53. The second-order valence-corrected chi connectivity index (χ2v) is 5.59. The number of hydrogen-bond donors (Lipinski definition) is 1. The summed E-state index contributed by atoms with van der Waals surface area (Å²) in [6, 6.07) is 5.95. The molecule has 1 aromatic rings. The topological polar surface area (TPSA) is 54.6 Å². The first-order valence-electron chi connectivity index (χ1n) is 7.36. The van der Waals surface area contributed by atoms with Crippen LogP contribution in [0.4, 0.5) is 0 Å². The Labute approximate surface area is 121 Å². The SMILES string of the molecule is COc1cccc(CN2CCN(CC(C)CN)CC2)n1. The standard InChI is InChI=1S/C15H26N4O/c1-13(10-16)11-18-6-8-19(9-7-18)12-14-4-3-5-15(17-14)20-2/h3-5,13H,6-12,16H2,1-2H3. The third-order valence-corrected chi connectivity index (χ3v) is 3.81. The molecule has 2 heterocycles. The second kappa shape index (κ2) is 7.57. The second-order valence-electron chi connectivity index (χ2n) is 5.59. The summed E-state index contributed by atoms with van der Waals surface area (Å²) in [5.74, 6) is 1.28. The van der Waals surface area contributed by atoms with E-state index in [1.165, 1.54) is 0 Å². The number of nitrogens with two attached hydrogens (primary N) is 1. The Morgan fingerprint density at radius 1 is 1.25 bits per heavy atom. The van der Waals surface area contributed by atoms with Gasteiger partial charge in [0.15, 0.2) is 0 Å². The van der Waals surface area contributed by atoms with E-state index in [0.29, 0.717) is 11.8 Å². The Bertz CT molecular complexity index is 405. The molecule has 5 nitrogen and oxygen atoms in total. The lowest BCUT2D eigenvalue weighted by molar-refractivity contribution is 0.115. The zero-order valence-electron chi connectivity index (χ0n) is 12.6. The molecule has 1 saturated heterocycles. The molecule has 0 bridgehead atoms. The molecular formula is C15H26N4O. The van der Waals surface area contributed by atoms with Gasteiger partial charge in [-0.25, -0.2) is 4.98 Å². The first-order chi connectivity index (χ1) is 9.71. The predicted octanol–water partition coefficient (Wildman–Crippen LogP) is 0.803. The number of pyridine rings is 1. The van der Waals surface area contributed by atoms with Crippen molar-refractivity contribution in [1.29, 1.82) is 0 Å². The highest BCUT2D eigenvalue weighted by Gasteiger charge is 2.18. The number of ether oxygens (including phenoxy) is 1. The van der Waals surface area contributed by atoms with E-state index in [4.69, 9.17) is 10.5 Å². The molecule has 0 amide bonds. The quantitative estimate of drug-likeness (QED) is 0.834. The monoisotopic (exact) mass is 278 g/mol. The normalized spacial score (nSPS) is 18.9. The lowest BCUT2D eigenvalue weighted by Crippen LogP contribution is -2.47. The van der Waals surface area contributed by atoms with Crippen LogP contribution in [0.15, 0.2) is 18.2 Å². The van der Waals surface area contributed by atoms with Gasteiger partial charge in [0.05, 0.1) is 12.8 Å². The van der Waals surface area contributed by atoms with Crippen LogP contribution in [0.3, 0.4) is 0 Å². The van der Waals surface area contributed by atoms with Gasteiger partial charge in [-0.3, -0.25) is 4.90 Å². The summed E-state index contributed by atoms with van der Waals surface area (Å²) in [7, 11) is 1.66. The third kappa shape index (κ3) is 4.44. The maximum atomic E-state index is 5.69. The van der Waals surface area contributed by atoms with Crippen molar-refractivity contribution in [2.45, 2.75) is 13.5 Å². The van der Waals surface area contributed by atoms with Gasteiger partial charge in [0.25, 0.3) is 0 Å². The maximum Gasteiger partial charge on any atom is 0.213 e. The number of aromatic nitrogens is 1. The first-order valence-corrected chi connectivity index (χ1v) is 7.36. The third-order valence-electron chi connectivity index (χ3n) is 3.81. The fourth-order valence-electron chi connectivity index (χ4n) is 2.53. The van der Waals surface area contributed by atoms with Crippen molar-refractivity contribution < 1.29 is 4.74 Å². The number of piperazine rings is 1. The lowest BCUT2D eigenvalue weighted by atomic mass is 10.1. The molecule has 0 radical (unpaired) electrons. The molecule has 1 aromatic heterocycles. The molecule has 5 heteroatoms. The highest BCUT2D eigenvalue weighted by atomic mass is 16.5. The smallest absolute Gasteiger partial charge is 0.213 e. The van der Waals surface area contributed by atoms with Crippen LogP contribution in [0, 0.1) is 5.92 Å². The Hall–Kier alpha value is -1.17. The molecule has 1 aliphatic heterocycles. The van der Waals surface area contributed by atoms with E-state index < -0.39 is 0 Å². The van der Waals surface area contributed by atoms with E-state index in [0.717, 1.165) is 51.5 Å². The van der Waals surface area contributed by atoms with Gasteiger partial charge in [0, 0.05) is 45.3 Å². The molecule has 2 rings (SSSR count). The van der Waals surface area contributed by atoms with Crippen LogP contribution in [0.2, 0.25) is 0 Å². The van der Waals surface area contributed by atoms with Crippen LogP contribution in [0.5, 0.6) is 5.88 Å². The zero-order valence-corrected chi connectivity index (χ0v) is 12.6. The lowest BCUT2D eigenvalue weighted by Gasteiger charge is -2.35. The van der Waals surface area contributed by atoms with Crippen molar-refractivity contribution in [1.82, 2.24) is 14.8 Å². The fraction of sp³-hybridized carbons (Fsp3) is 0.667. The van der Waals surface area contributed by atoms with E-state index in [1.807, 2.05) is 12.1 Å². The van der Waals surface area contributed by atoms with E-state index in [-0.39, 0.29) is 0 Å². The minimum atomic E-state index is 0.585. The summed E-state index contributed by atoms with van der Waals surface area (Å²) >= 11 is 0. The zero-order chi connectivity index (χ0) is 14.4. The molecule has 0 saturated carbocycles. The van der Waals surface area contributed by atoms with Gasteiger partial charge in [-0.2, -0.15) is 0 Å². The Kier molecular flexibility index (Phi) is 5.76. The maximum absolute atomic E-state index is 5.69. The number of hydrogen-bond acceptors (Lipinski definition) is 5. The predicted molar refractivity (Wildman–Crippen MR) is 80.7 cm³/mol. The Morgan fingerprint density at radius 2 is 1.95 bits per heavy atom. The summed E-state index contributed by atoms with van der Waals surface area (Å²) in [5, 5.41) is 0.